The van der Waals surface area contributed by atoms with E-state index in [2.05, 4.69) is 20.9 Å². The maximum absolute atomic E-state index is 12.3. The van der Waals surface area contributed by atoms with Crippen molar-refractivity contribution in [2.75, 3.05) is 7.11 Å². The minimum Gasteiger partial charge on any atom is -0.493 e. The van der Waals surface area contributed by atoms with Gasteiger partial charge < -0.3 is 14.2 Å². The van der Waals surface area contributed by atoms with Gasteiger partial charge in [-0.3, -0.25) is 10.1 Å². The first kappa shape index (κ1) is 22.2. The Bertz CT molecular complexity index is 1280. The smallest absolute Gasteiger partial charge is 0.363 e. The first-order valence-electron chi connectivity index (χ1n) is 9.75. The molecule has 0 saturated heterocycles. The van der Waals surface area contributed by atoms with Gasteiger partial charge in [-0.1, -0.05) is 34.1 Å². The Morgan fingerprint density at radius 3 is 2.61 bits per heavy atom. The summed E-state index contributed by atoms with van der Waals surface area (Å²) in [5, 5.41) is 10.9. The Labute approximate surface area is 197 Å². The summed E-state index contributed by atoms with van der Waals surface area (Å²) < 4.78 is 17.4. The highest BCUT2D eigenvalue weighted by molar-refractivity contribution is 9.10. The van der Waals surface area contributed by atoms with Crippen LogP contribution >= 0.6 is 15.9 Å². The molecule has 0 unspecified atom stereocenters. The van der Waals surface area contributed by atoms with Crippen molar-refractivity contribution >= 4 is 39.6 Å². The monoisotopic (exact) mass is 508 g/mol. The van der Waals surface area contributed by atoms with Crippen LogP contribution in [0.5, 0.6) is 11.5 Å². The first-order chi connectivity index (χ1) is 15.9. The van der Waals surface area contributed by atoms with E-state index in [-0.39, 0.29) is 23.9 Å². The van der Waals surface area contributed by atoms with E-state index in [1.807, 2.05) is 12.1 Å². The van der Waals surface area contributed by atoms with Crippen molar-refractivity contribution in [3.8, 4) is 11.5 Å². The van der Waals surface area contributed by atoms with Crippen LogP contribution in [0.25, 0.3) is 6.08 Å². The van der Waals surface area contributed by atoms with Crippen LogP contribution < -0.4 is 9.47 Å². The molecule has 3 aromatic rings. The Morgan fingerprint density at radius 2 is 1.88 bits per heavy atom. The zero-order valence-corrected chi connectivity index (χ0v) is 18.9. The second kappa shape index (κ2) is 9.66. The fourth-order valence-corrected chi connectivity index (χ4v) is 3.36. The predicted molar refractivity (Wildman–Crippen MR) is 125 cm³/mol. The summed E-state index contributed by atoms with van der Waals surface area (Å²) in [6.45, 7) is 0.131. The lowest BCUT2D eigenvalue weighted by atomic mass is 10.1. The number of hydrogen-bond acceptors (Lipinski definition) is 7. The van der Waals surface area contributed by atoms with Crippen LogP contribution in [0.3, 0.4) is 0 Å². The van der Waals surface area contributed by atoms with Crippen molar-refractivity contribution < 1.29 is 23.9 Å². The molecule has 4 rings (SSSR count). The summed E-state index contributed by atoms with van der Waals surface area (Å²) in [4.78, 5) is 27.1. The topological polar surface area (TPSA) is 100 Å². The van der Waals surface area contributed by atoms with Crippen molar-refractivity contribution in [3.63, 3.8) is 0 Å². The zero-order chi connectivity index (χ0) is 23.4. The Hall–Kier alpha value is -3.98. The summed E-state index contributed by atoms with van der Waals surface area (Å²) in [7, 11) is 1.50. The molecule has 1 aliphatic rings. The third-order valence-corrected chi connectivity index (χ3v) is 5.25. The average Bonchev–Trinajstić information content (AvgIpc) is 3.18. The fourth-order valence-electron chi connectivity index (χ4n) is 3.10. The van der Waals surface area contributed by atoms with E-state index in [9.17, 15) is 14.9 Å². The third kappa shape index (κ3) is 5.27. The SMILES string of the molecule is COc1cc(/C=C2\N=C(c3ccc(Br)cc3)OC2=O)ccc1OCc1cccc([N+](=O)[O-])c1. The minimum atomic E-state index is -0.544. The van der Waals surface area contributed by atoms with Gasteiger partial charge >= 0.3 is 5.97 Å². The highest BCUT2D eigenvalue weighted by atomic mass is 79.9. The first-order valence-corrected chi connectivity index (χ1v) is 10.5. The van der Waals surface area contributed by atoms with Crippen molar-refractivity contribution in [1.29, 1.82) is 0 Å². The van der Waals surface area contributed by atoms with Crippen LogP contribution in [0.2, 0.25) is 0 Å². The molecule has 9 heteroatoms. The molecule has 0 N–H and O–H groups in total. The Kier molecular flexibility index (Phi) is 6.50. The van der Waals surface area contributed by atoms with Crippen molar-refractivity contribution in [2.45, 2.75) is 6.61 Å². The van der Waals surface area contributed by atoms with Crippen molar-refractivity contribution in [3.05, 3.63) is 104 Å². The fraction of sp³-hybridized carbons (Fsp3) is 0.0833. The molecule has 0 radical (unpaired) electrons. The second-order valence-electron chi connectivity index (χ2n) is 6.97. The number of aliphatic imine (C=N–C) groups is 1. The number of methoxy groups -OCH3 is 1. The van der Waals surface area contributed by atoms with Gasteiger partial charge in [0.2, 0.25) is 5.90 Å². The summed E-state index contributed by atoms with van der Waals surface area (Å²) >= 11 is 3.37. The standard InChI is InChI=1S/C24H17BrN2O6/c1-31-22-13-15(5-10-21(22)32-14-16-3-2-4-19(11-16)27(29)30)12-20-24(28)33-23(26-20)17-6-8-18(25)9-7-17/h2-13H,14H2,1H3/b20-12-. The number of ether oxygens (including phenoxy) is 3. The molecule has 0 atom stereocenters. The van der Waals surface area contributed by atoms with Crippen molar-refractivity contribution in [1.82, 2.24) is 0 Å². The molecule has 0 fully saturated rings. The number of esters is 1. The van der Waals surface area contributed by atoms with Gasteiger partial charge in [0.15, 0.2) is 17.2 Å². The highest BCUT2D eigenvalue weighted by Gasteiger charge is 2.24. The molecule has 1 heterocycles. The zero-order valence-electron chi connectivity index (χ0n) is 17.4. The number of hydrogen-bond donors (Lipinski definition) is 0. The number of halogens is 1. The second-order valence-corrected chi connectivity index (χ2v) is 7.88. The average molecular weight is 509 g/mol. The number of nitro benzene ring substituents is 1. The van der Waals surface area contributed by atoms with Gasteiger partial charge in [0.1, 0.15) is 6.61 Å². The van der Waals surface area contributed by atoms with E-state index in [0.717, 1.165) is 4.47 Å². The molecular weight excluding hydrogens is 492 g/mol. The van der Waals surface area contributed by atoms with Crippen LogP contribution in [-0.4, -0.2) is 23.9 Å². The van der Waals surface area contributed by atoms with E-state index in [1.165, 1.54) is 19.2 Å². The van der Waals surface area contributed by atoms with Gasteiger partial charge in [-0.25, -0.2) is 9.79 Å². The van der Waals surface area contributed by atoms with Gasteiger partial charge in [-0.15, -0.1) is 0 Å². The molecule has 0 aromatic heterocycles. The third-order valence-electron chi connectivity index (χ3n) is 4.72. The summed E-state index contributed by atoms with van der Waals surface area (Å²) in [5.41, 5.74) is 2.18. The molecule has 3 aromatic carbocycles. The number of cyclic esters (lactones) is 1. The largest absolute Gasteiger partial charge is 0.493 e. The maximum Gasteiger partial charge on any atom is 0.363 e. The molecule has 8 nitrogen and oxygen atoms in total. The lowest BCUT2D eigenvalue weighted by molar-refractivity contribution is -0.384. The minimum absolute atomic E-state index is 0.00320. The maximum atomic E-state index is 12.3. The van der Waals surface area contributed by atoms with Crippen LogP contribution in [0.4, 0.5) is 5.69 Å². The molecule has 166 valence electrons. The van der Waals surface area contributed by atoms with E-state index in [4.69, 9.17) is 14.2 Å². The van der Waals surface area contributed by atoms with Crippen molar-refractivity contribution in [2.24, 2.45) is 4.99 Å². The molecular formula is C24H17BrN2O6. The Balaban J connectivity index is 1.52. The van der Waals surface area contributed by atoms with Crippen LogP contribution in [0.1, 0.15) is 16.7 Å². The molecule has 1 aliphatic heterocycles. The number of carbonyl (C=O) groups excluding carboxylic acids is 1. The number of rotatable bonds is 7. The van der Waals surface area contributed by atoms with Crippen LogP contribution in [0.15, 0.2) is 81.9 Å². The van der Waals surface area contributed by atoms with Gasteiger partial charge in [-0.05, 0) is 53.6 Å². The molecule has 0 spiro atoms. The summed E-state index contributed by atoms with van der Waals surface area (Å²) in [6, 6.07) is 18.7. The summed E-state index contributed by atoms with van der Waals surface area (Å²) in [5.74, 6) is 0.595. The number of benzene rings is 3. The van der Waals surface area contributed by atoms with E-state index >= 15 is 0 Å². The van der Waals surface area contributed by atoms with Crippen LogP contribution in [-0.2, 0) is 16.1 Å². The normalized spacial score (nSPS) is 14.1. The molecule has 0 bridgehead atoms. The lowest BCUT2D eigenvalue weighted by Gasteiger charge is -2.11. The predicted octanol–water partition coefficient (Wildman–Crippen LogP) is 5.29. The summed E-state index contributed by atoms with van der Waals surface area (Å²) in [6.07, 6.45) is 1.60. The van der Waals surface area contributed by atoms with E-state index in [1.54, 1.807) is 48.5 Å². The van der Waals surface area contributed by atoms with Gasteiger partial charge in [0.25, 0.3) is 5.69 Å². The molecule has 0 amide bonds. The van der Waals surface area contributed by atoms with E-state index < -0.39 is 10.9 Å². The molecule has 0 aliphatic carbocycles. The van der Waals surface area contributed by atoms with Gasteiger partial charge in [0.05, 0.1) is 12.0 Å². The molecule has 33 heavy (non-hydrogen) atoms. The lowest BCUT2D eigenvalue weighted by Crippen LogP contribution is -2.05. The number of carbonyl (C=O) groups is 1. The van der Waals surface area contributed by atoms with Crippen LogP contribution in [0, 0.1) is 10.1 Å². The molecule has 0 saturated carbocycles. The van der Waals surface area contributed by atoms with Gasteiger partial charge in [0, 0.05) is 22.2 Å². The quantitative estimate of drug-likeness (QED) is 0.186. The number of nitro groups is 1. The van der Waals surface area contributed by atoms with E-state index in [0.29, 0.717) is 28.2 Å². The van der Waals surface area contributed by atoms with Gasteiger partial charge in [-0.2, -0.15) is 0 Å². The Morgan fingerprint density at radius 1 is 1.09 bits per heavy atom. The number of nitrogens with zero attached hydrogens (tertiary/aromatic N) is 2. The number of non-ortho nitro benzene ring substituents is 1. The highest BCUT2D eigenvalue weighted by Crippen LogP contribution is 2.31.